The average Bonchev–Trinajstić information content (AvgIpc) is 3.12. The van der Waals surface area contributed by atoms with Gasteiger partial charge in [-0.1, -0.05) is 35.9 Å². The van der Waals surface area contributed by atoms with E-state index >= 15 is 0 Å². The third-order valence-electron chi connectivity index (χ3n) is 5.03. The Balaban J connectivity index is 1.63. The Morgan fingerprint density at radius 2 is 1.86 bits per heavy atom. The molecule has 29 heavy (non-hydrogen) atoms. The monoisotopic (exact) mass is 386 g/mol. The maximum atomic E-state index is 12.8. The summed E-state index contributed by atoms with van der Waals surface area (Å²) in [5.41, 5.74) is 5.11. The predicted molar refractivity (Wildman–Crippen MR) is 111 cm³/mol. The number of nitrogens with zero attached hydrogens (tertiary/aromatic N) is 3. The van der Waals surface area contributed by atoms with E-state index in [2.05, 4.69) is 10.3 Å². The summed E-state index contributed by atoms with van der Waals surface area (Å²) in [4.78, 5) is 30.9. The fraction of sp³-hybridized carbons (Fsp3) is 0.174. The van der Waals surface area contributed by atoms with Crippen LogP contribution in [-0.4, -0.2) is 26.4 Å². The maximum Gasteiger partial charge on any atom is 0.329 e. The predicted octanol–water partition coefficient (Wildman–Crippen LogP) is 3.89. The number of imide groups is 1. The lowest BCUT2D eigenvalue weighted by atomic mass is 10.1. The first-order valence-corrected chi connectivity index (χ1v) is 9.44. The summed E-state index contributed by atoms with van der Waals surface area (Å²) in [6.45, 7) is 6.19. The quantitative estimate of drug-likeness (QED) is 0.546. The Hall–Kier alpha value is -3.67. The largest absolute Gasteiger partial charge is 0.329 e. The van der Waals surface area contributed by atoms with Gasteiger partial charge in [0, 0.05) is 17.6 Å². The lowest BCUT2D eigenvalue weighted by molar-refractivity contribution is -0.123. The second-order valence-electron chi connectivity index (χ2n) is 7.22. The summed E-state index contributed by atoms with van der Waals surface area (Å²) in [5.74, 6) is 0.495. The number of rotatable bonds is 4. The molecule has 0 spiro atoms. The lowest BCUT2D eigenvalue weighted by Gasteiger charge is -2.12. The minimum atomic E-state index is -0.402. The van der Waals surface area contributed by atoms with Gasteiger partial charge in [-0.15, -0.1) is 0 Å². The van der Waals surface area contributed by atoms with Gasteiger partial charge in [0.2, 0.25) is 0 Å². The Labute approximate surface area is 169 Å². The topological polar surface area (TPSA) is 67.2 Å². The molecule has 0 radical (unpaired) electrons. The van der Waals surface area contributed by atoms with Crippen LogP contribution in [0, 0.1) is 20.8 Å². The van der Waals surface area contributed by atoms with Crippen LogP contribution < -0.4 is 5.32 Å². The number of aromatic nitrogens is 2. The van der Waals surface area contributed by atoms with Gasteiger partial charge in [-0.25, -0.2) is 9.78 Å². The van der Waals surface area contributed by atoms with Crippen LogP contribution in [0.25, 0.3) is 11.9 Å². The molecule has 0 unspecified atom stereocenters. The van der Waals surface area contributed by atoms with Crippen LogP contribution in [0.3, 0.4) is 0 Å². The highest BCUT2D eigenvalue weighted by molar-refractivity contribution is 6.13. The second-order valence-corrected chi connectivity index (χ2v) is 7.22. The van der Waals surface area contributed by atoms with Crippen molar-refractivity contribution in [2.45, 2.75) is 27.3 Å². The molecule has 1 aliphatic rings. The molecule has 6 heteroatoms. The van der Waals surface area contributed by atoms with E-state index in [0.717, 1.165) is 33.9 Å². The van der Waals surface area contributed by atoms with Crippen molar-refractivity contribution in [1.82, 2.24) is 19.8 Å². The maximum absolute atomic E-state index is 12.8. The van der Waals surface area contributed by atoms with E-state index in [1.807, 2.05) is 73.9 Å². The standard InChI is InChI=1S/C23H22N4O2/c1-15-7-6-8-18(11-15)14-26-22(28)20(25-23(26)29)13-19-12-16(2)27(17(19)3)21-9-4-5-10-24-21/h4-13H,14H2,1-3H3,(H,25,29). The van der Waals surface area contributed by atoms with Crippen molar-refractivity contribution in [3.8, 4) is 5.82 Å². The number of hydrogen-bond acceptors (Lipinski definition) is 3. The Morgan fingerprint density at radius 1 is 1.03 bits per heavy atom. The van der Waals surface area contributed by atoms with Gasteiger partial charge >= 0.3 is 6.03 Å². The minimum absolute atomic E-state index is 0.247. The number of benzene rings is 1. The number of urea groups is 1. The molecule has 3 aromatic rings. The molecule has 6 nitrogen and oxygen atoms in total. The molecule has 2 aromatic heterocycles. The lowest BCUT2D eigenvalue weighted by Crippen LogP contribution is -2.30. The van der Waals surface area contributed by atoms with E-state index in [0.29, 0.717) is 0 Å². The fourth-order valence-corrected chi connectivity index (χ4v) is 3.64. The van der Waals surface area contributed by atoms with E-state index in [4.69, 9.17) is 0 Å². The van der Waals surface area contributed by atoms with Crippen molar-refractivity contribution in [1.29, 1.82) is 0 Å². The molecule has 1 fully saturated rings. The summed E-state index contributed by atoms with van der Waals surface area (Å²) >= 11 is 0. The van der Waals surface area contributed by atoms with E-state index < -0.39 is 6.03 Å². The van der Waals surface area contributed by atoms with Crippen LogP contribution in [0.4, 0.5) is 4.79 Å². The number of pyridine rings is 1. The highest BCUT2D eigenvalue weighted by Gasteiger charge is 2.33. The third kappa shape index (κ3) is 3.57. The molecule has 1 N–H and O–H groups in total. The molecule has 3 heterocycles. The molecule has 1 aromatic carbocycles. The van der Waals surface area contributed by atoms with Gasteiger partial charge in [0.25, 0.3) is 5.91 Å². The SMILES string of the molecule is Cc1cccc(CN2C(=O)NC(=Cc3cc(C)n(-c4ccccn4)c3C)C2=O)c1. The summed E-state index contributed by atoms with van der Waals surface area (Å²) in [7, 11) is 0. The van der Waals surface area contributed by atoms with E-state index in [1.165, 1.54) is 4.90 Å². The van der Waals surface area contributed by atoms with Crippen molar-refractivity contribution in [3.63, 3.8) is 0 Å². The van der Waals surface area contributed by atoms with Gasteiger partial charge in [0.05, 0.1) is 6.54 Å². The van der Waals surface area contributed by atoms with Gasteiger partial charge in [-0.3, -0.25) is 9.69 Å². The number of amides is 3. The Bertz CT molecular complexity index is 1130. The van der Waals surface area contributed by atoms with Gasteiger partial charge in [0.1, 0.15) is 11.5 Å². The smallest absolute Gasteiger partial charge is 0.303 e. The molecule has 0 aliphatic carbocycles. The number of carbonyl (C=O) groups is 2. The summed E-state index contributed by atoms with van der Waals surface area (Å²) in [6, 6.07) is 15.1. The highest BCUT2D eigenvalue weighted by atomic mass is 16.2. The van der Waals surface area contributed by atoms with Crippen molar-refractivity contribution in [2.75, 3.05) is 0 Å². The second kappa shape index (κ2) is 7.39. The Morgan fingerprint density at radius 3 is 2.59 bits per heavy atom. The van der Waals surface area contributed by atoms with Gasteiger partial charge in [-0.2, -0.15) is 0 Å². The average molecular weight is 386 g/mol. The van der Waals surface area contributed by atoms with E-state index in [9.17, 15) is 9.59 Å². The first-order chi connectivity index (χ1) is 13.9. The van der Waals surface area contributed by atoms with E-state index in [1.54, 1.807) is 12.3 Å². The van der Waals surface area contributed by atoms with Crippen molar-refractivity contribution < 1.29 is 9.59 Å². The molecule has 3 amide bonds. The zero-order chi connectivity index (χ0) is 20.5. The summed E-state index contributed by atoms with van der Waals surface area (Å²) < 4.78 is 2.03. The molecule has 1 saturated heterocycles. The summed E-state index contributed by atoms with van der Waals surface area (Å²) in [6.07, 6.45) is 3.48. The highest BCUT2D eigenvalue weighted by Crippen LogP contribution is 2.23. The van der Waals surface area contributed by atoms with Crippen LogP contribution in [0.2, 0.25) is 0 Å². The molecular formula is C23H22N4O2. The van der Waals surface area contributed by atoms with Crippen LogP contribution in [0.15, 0.2) is 60.4 Å². The molecule has 0 saturated carbocycles. The first kappa shape index (κ1) is 18.7. The van der Waals surface area contributed by atoms with Gasteiger partial charge in [0.15, 0.2) is 0 Å². The molecule has 1 aliphatic heterocycles. The number of nitrogens with one attached hydrogen (secondary N) is 1. The van der Waals surface area contributed by atoms with Gasteiger partial charge < -0.3 is 9.88 Å². The number of carbonyl (C=O) groups excluding carboxylic acids is 2. The molecular weight excluding hydrogens is 364 g/mol. The molecule has 146 valence electrons. The minimum Gasteiger partial charge on any atom is -0.303 e. The fourth-order valence-electron chi connectivity index (χ4n) is 3.64. The Kier molecular flexibility index (Phi) is 4.76. The number of hydrogen-bond donors (Lipinski definition) is 1. The zero-order valence-corrected chi connectivity index (χ0v) is 16.6. The number of aryl methyl sites for hydroxylation is 2. The normalized spacial score (nSPS) is 15.3. The molecule has 0 atom stereocenters. The van der Waals surface area contributed by atoms with Crippen LogP contribution in [-0.2, 0) is 11.3 Å². The first-order valence-electron chi connectivity index (χ1n) is 9.44. The zero-order valence-electron chi connectivity index (χ0n) is 16.6. The van der Waals surface area contributed by atoms with Crippen LogP contribution in [0.1, 0.15) is 28.1 Å². The molecule has 4 rings (SSSR count). The van der Waals surface area contributed by atoms with Crippen molar-refractivity contribution in [2.24, 2.45) is 0 Å². The van der Waals surface area contributed by atoms with Gasteiger partial charge in [-0.05, 0) is 56.2 Å². The van der Waals surface area contributed by atoms with E-state index in [-0.39, 0.29) is 18.1 Å². The van der Waals surface area contributed by atoms with Crippen LogP contribution in [0.5, 0.6) is 0 Å². The molecule has 0 bridgehead atoms. The van der Waals surface area contributed by atoms with Crippen LogP contribution >= 0.6 is 0 Å². The van der Waals surface area contributed by atoms with Crippen molar-refractivity contribution >= 4 is 18.0 Å². The third-order valence-corrected chi connectivity index (χ3v) is 5.03. The van der Waals surface area contributed by atoms with Crippen molar-refractivity contribution in [3.05, 3.63) is 88.5 Å². The summed E-state index contributed by atoms with van der Waals surface area (Å²) in [5, 5.41) is 2.71.